The molecule has 0 saturated carbocycles. The number of nitrogens with one attached hydrogen (secondary N) is 2. The normalized spacial score (nSPS) is 13.2. The highest BCUT2D eigenvalue weighted by atomic mass is 32.2. The van der Waals surface area contributed by atoms with Crippen LogP contribution in [0.4, 0.5) is 15.5 Å². The molecule has 3 amide bonds. The van der Waals surface area contributed by atoms with Gasteiger partial charge >= 0.3 is 12.1 Å². The molecule has 9 nitrogen and oxygen atoms in total. The number of fused-ring (bicyclic) bond motifs is 1. The molecule has 1 aliphatic heterocycles. The average molecular weight is 686 g/mol. The Balaban J connectivity index is 1.40. The molecule has 1 aromatic heterocycles. The fourth-order valence-electron chi connectivity index (χ4n) is 5.24. The Morgan fingerprint density at radius 3 is 2.42 bits per heavy atom. The number of aryl methyl sites for hydroxylation is 1. The fraction of sp³-hybridized carbons (Fsp3) is 0.297. The largest absolute Gasteiger partial charge is 0.462 e. The Hall–Kier alpha value is -4.61. The van der Waals surface area contributed by atoms with E-state index in [-0.39, 0.29) is 25.0 Å². The molecule has 2 N–H and O–H groups in total. The molecule has 0 aliphatic carbocycles. The Morgan fingerprint density at radius 1 is 0.958 bits per heavy atom. The van der Waals surface area contributed by atoms with Crippen LogP contribution in [0.5, 0.6) is 0 Å². The Labute approximate surface area is 289 Å². The van der Waals surface area contributed by atoms with Crippen LogP contribution in [0, 0.1) is 6.92 Å². The van der Waals surface area contributed by atoms with Gasteiger partial charge < -0.3 is 25.0 Å². The van der Waals surface area contributed by atoms with Gasteiger partial charge in [-0.05, 0) is 82.5 Å². The van der Waals surface area contributed by atoms with Crippen molar-refractivity contribution in [2.24, 2.45) is 0 Å². The number of hydrogen-bond acceptors (Lipinski definition) is 8. The summed E-state index contributed by atoms with van der Waals surface area (Å²) in [5, 5.41) is 5.68. The lowest BCUT2D eigenvalue weighted by Gasteiger charge is -2.30. The maximum atomic E-state index is 14.1. The van der Waals surface area contributed by atoms with Crippen LogP contribution in [0.25, 0.3) is 0 Å². The number of carbonyl (C=O) groups is 4. The third kappa shape index (κ3) is 8.64. The molecule has 250 valence electrons. The summed E-state index contributed by atoms with van der Waals surface area (Å²) in [6.07, 6.45) is -0.00446. The van der Waals surface area contributed by atoms with E-state index in [0.29, 0.717) is 34.8 Å². The molecule has 0 bridgehead atoms. The van der Waals surface area contributed by atoms with E-state index in [4.69, 9.17) is 9.47 Å². The first-order chi connectivity index (χ1) is 22.9. The van der Waals surface area contributed by atoms with Gasteiger partial charge in [0, 0.05) is 27.6 Å². The smallest absolute Gasteiger partial charge is 0.410 e. The molecule has 5 rings (SSSR count). The molecule has 0 radical (unpaired) electrons. The van der Waals surface area contributed by atoms with Crippen molar-refractivity contribution in [3.8, 4) is 0 Å². The number of rotatable bonds is 9. The Morgan fingerprint density at radius 2 is 1.71 bits per heavy atom. The van der Waals surface area contributed by atoms with Gasteiger partial charge in [0.15, 0.2) is 0 Å². The third-order valence-corrected chi connectivity index (χ3v) is 9.77. The van der Waals surface area contributed by atoms with Crippen LogP contribution >= 0.6 is 23.1 Å². The van der Waals surface area contributed by atoms with Crippen molar-refractivity contribution >= 4 is 57.7 Å². The molecule has 0 fully saturated rings. The van der Waals surface area contributed by atoms with Gasteiger partial charge in [0.25, 0.3) is 5.91 Å². The number of carbonyl (C=O) groups excluding carboxylic acids is 4. The number of hydrogen-bond donors (Lipinski definition) is 2. The summed E-state index contributed by atoms with van der Waals surface area (Å²) in [7, 11) is 0. The zero-order valence-corrected chi connectivity index (χ0v) is 29.3. The molecule has 4 aromatic rings. The monoisotopic (exact) mass is 685 g/mol. The average Bonchev–Trinajstić information content (AvgIpc) is 3.40. The van der Waals surface area contributed by atoms with Crippen molar-refractivity contribution < 1.29 is 28.7 Å². The molecule has 0 spiro atoms. The summed E-state index contributed by atoms with van der Waals surface area (Å²) in [6.45, 7) is 9.93. The van der Waals surface area contributed by atoms with E-state index in [1.54, 1.807) is 24.0 Å². The number of anilines is 2. The maximum Gasteiger partial charge on any atom is 0.410 e. The third-order valence-electron chi connectivity index (χ3n) is 7.39. The first-order valence-electron chi connectivity index (χ1n) is 15.7. The number of ether oxygens (including phenoxy) is 2. The summed E-state index contributed by atoms with van der Waals surface area (Å²) in [6, 6.07) is 24.1. The van der Waals surface area contributed by atoms with E-state index < -0.39 is 22.9 Å². The van der Waals surface area contributed by atoms with Crippen molar-refractivity contribution in [2.45, 2.75) is 63.3 Å². The Kier molecular flexibility index (Phi) is 10.9. The highest BCUT2D eigenvalue weighted by Crippen LogP contribution is 2.41. The lowest BCUT2D eigenvalue weighted by Crippen LogP contribution is -2.39. The maximum absolute atomic E-state index is 14.1. The van der Waals surface area contributed by atoms with Gasteiger partial charge in [-0.3, -0.25) is 9.59 Å². The number of amides is 3. The van der Waals surface area contributed by atoms with Crippen molar-refractivity contribution in [1.82, 2.24) is 4.90 Å². The van der Waals surface area contributed by atoms with Gasteiger partial charge in [0.05, 0.1) is 18.7 Å². The van der Waals surface area contributed by atoms with E-state index in [1.807, 2.05) is 94.4 Å². The second-order valence-corrected chi connectivity index (χ2v) is 14.6. The number of esters is 1. The van der Waals surface area contributed by atoms with Crippen LogP contribution in [-0.4, -0.2) is 47.5 Å². The SMILES string of the molecule is CCOC(=O)c1c(NC(=O)C(Sc2cccc(NC(=O)c3cccc(C)c3)c2)c2ccccc2)sc2c1CCN(C(=O)OC(C)(C)C)C2. The Bertz CT molecular complexity index is 1820. The van der Waals surface area contributed by atoms with Crippen LogP contribution < -0.4 is 10.6 Å². The van der Waals surface area contributed by atoms with Gasteiger partial charge in [0.2, 0.25) is 5.91 Å². The quantitative estimate of drug-likeness (QED) is 0.135. The van der Waals surface area contributed by atoms with Crippen molar-refractivity contribution in [2.75, 3.05) is 23.8 Å². The number of nitrogens with zero attached hydrogens (tertiary/aromatic N) is 1. The molecule has 1 aliphatic rings. The van der Waals surface area contributed by atoms with E-state index in [0.717, 1.165) is 26.5 Å². The molecular weight excluding hydrogens is 647 g/mol. The first kappa shape index (κ1) is 34.7. The highest BCUT2D eigenvalue weighted by molar-refractivity contribution is 8.00. The number of benzene rings is 3. The first-order valence-corrected chi connectivity index (χ1v) is 17.4. The van der Waals surface area contributed by atoms with E-state index in [9.17, 15) is 19.2 Å². The molecule has 48 heavy (non-hydrogen) atoms. The van der Waals surface area contributed by atoms with Crippen molar-refractivity contribution in [3.63, 3.8) is 0 Å². The van der Waals surface area contributed by atoms with E-state index >= 15 is 0 Å². The van der Waals surface area contributed by atoms with Gasteiger partial charge in [-0.2, -0.15) is 0 Å². The minimum atomic E-state index is -0.693. The van der Waals surface area contributed by atoms with Gasteiger partial charge in [0.1, 0.15) is 15.9 Å². The molecular formula is C37H39N3O6S2. The van der Waals surface area contributed by atoms with Crippen molar-refractivity contribution in [3.05, 3.63) is 112 Å². The second-order valence-electron chi connectivity index (χ2n) is 12.3. The van der Waals surface area contributed by atoms with E-state index in [2.05, 4.69) is 10.6 Å². The van der Waals surface area contributed by atoms with Crippen LogP contribution in [-0.2, 0) is 27.2 Å². The van der Waals surface area contributed by atoms with Crippen LogP contribution in [0.3, 0.4) is 0 Å². The lowest BCUT2D eigenvalue weighted by atomic mass is 10.0. The molecule has 2 heterocycles. The van der Waals surface area contributed by atoms with Crippen molar-refractivity contribution in [1.29, 1.82) is 0 Å². The van der Waals surface area contributed by atoms with E-state index in [1.165, 1.54) is 23.1 Å². The van der Waals surface area contributed by atoms with Gasteiger partial charge in [-0.25, -0.2) is 9.59 Å². The summed E-state index contributed by atoms with van der Waals surface area (Å²) >= 11 is 2.60. The molecule has 11 heteroatoms. The molecule has 0 saturated heterocycles. The summed E-state index contributed by atoms with van der Waals surface area (Å²) in [4.78, 5) is 56.3. The summed E-state index contributed by atoms with van der Waals surface area (Å²) < 4.78 is 11.0. The number of thiophene rings is 1. The lowest BCUT2D eigenvalue weighted by molar-refractivity contribution is -0.115. The zero-order valence-electron chi connectivity index (χ0n) is 27.6. The minimum Gasteiger partial charge on any atom is -0.462 e. The van der Waals surface area contributed by atoms with Crippen LogP contribution in [0.15, 0.2) is 83.8 Å². The molecule has 1 unspecified atom stereocenters. The molecule has 3 aromatic carbocycles. The predicted molar refractivity (Wildman–Crippen MR) is 190 cm³/mol. The summed E-state index contributed by atoms with van der Waals surface area (Å²) in [5.74, 6) is -1.07. The molecule has 1 atom stereocenters. The van der Waals surface area contributed by atoms with Crippen LogP contribution in [0.2, 0.25) is 0 Å². The zero-order chi connectivity index (χ0) is 34.4. The minimum absolute atomic E-state index is 0.181. The standard InChI is InChI=1S/C37H39N3O6S2/c1-6-45-35(43)30-28-18-19-40(36(44)46-37(3,4)5)22-29(28)48-34(30)39-33(42)31(24-13-8-7-9-14-24)47-27-17-11-16-26(21-27)38-32(41)25-15-10-12-23(2)20-25/h7-17,20-21,31H,6,18-19,22H2,1-5H3,(H,38,41)(H,39,42). The van der Waals surface area contributed by atoms with Gasteiger partial charge in [-0.1, -0.05) is 54.1 Å². The summed E-state index contributed by atoms with van der Waals surface area (Å²) in [5.41, 5.74) is 3.37. The predicted octanol–water partition coefficient (Wildman–Crippen LogP) is 8.25. The fourth-order valence-corrected chi connectivity index (χ4v) is 7.58. The van der Waals surface area contributed by atoms with Crippen LogP contribution in [0.1, 0.15) is 75.2 Å². The second kappa shape index (κ2) is 15.1. The van der Waals surface area contributed by atoms with Gasteiger partial charge in [-0.15, -0.1) is 23.1 Å². The highest BCUT2D eigenvalue weighted by Gasteiger charge is 2.34. The number of thioether (sulfide) groups is 1. The topological polar surface area (TPSA) is 114 Å².